The Bertz CT molecular complexity index is 1890. The van der Waals surface area contributed by atoms with E-state index in [-0.39, 0.29) is 11.7 Å². The van der Waals surface area contributed by atoms with E-state index in [1.807, 2.05) is 26.0 Å². The smallest absolute Gasteiger partial charge is 0.343 e. The van der Waals surface area contributed by atoms with E-state index in [1.54, 1.807) is 72.8 Å². The quantitative estimate of drug-likeness (QED) is 0.0728. The third kappa shape index (κ3) is 7.26. The summed E-state index contributed by atoms with van der Waals surface area (Å²) in [6, 6.07) is 23.6. The lowest BCUT2D eigenvalue weighted by molar-refractivity contribution is 0.0728. The predicted octanol–water partition coefficient (Wildman–Crippen LogP) is 8.15. The number of ether oxygens (including phenoxy) is 2. The molecule has 11 heteroatoms. The molecule has 2 amide bonds. The number of benzene rings is 4. The first-order chi connectivity index (χ1) is 21.2. The molecule has 0 aliphatic heterocycles. The van der Waals surface area contributed by atoms with Crippen LogP contribution in [0.15, 0.2) is 90.0 Å². The number of carbonyl (C=O) groups excluding carboxylic acids is 3. The van der Waals surface area contributed by atoms with Gasteiger partial charge in [0, 0.05) is 26.4 Å². The summed E-state index contributed by atoms with van der Waals surface area (Å²) < 4.78 is 12.0. The molecule has 0 saturated heterocycles. The molecule has 0 saturated carbocycles. The van der Waals surface area contributed by atoms with Crippen molar-refractivity contribution in [2.45, 2.75) is 13.8 Å². The number of nitrogens with one attached hydrogen (secondary N) is 2. The molecule has 0 atom stereocenters. The van der Waals surface area contributed by atoms with Gasteiger partial charge in [0.25, 0.3) is 11.8 Å². The zero-order valence-electron chi connectivity index (χ0n) is 23.5. The van der Waals surface area contributed by atoms with Crippen LogP contribution in [-0.2, 0) is 0 Å². The normalized spacial score (nSPS) is 11.0. The Kier molecular flexibility index (Phi) is 9.59. The number of esters is 1. The number of aryl methyl sites for hydroxylation is 1. The van der Waals surface area contributed by atoms with Crippen molar-refractivity contribution in [2.24, 2.45) is 5.10 Å². The lowest BCUT2D eigenvalue weighted by Crippen LogP contribution is -2.17. The van der Waals surface area contributed by atoms with Crippen molar-refractivity contribution in [3.8, 4) is 11.5 Å². The first-order valence-corrected chi connectivity index (χ1v) is 15.0. The van der Waals surface area contributed by atoms with E-state index in [4.69, 9.17) is 32.7 Å². The summed E-state index contributed by atoms with van der Waals surface area (Å²) in [5.41, 5.74) is 5.38. The van der Waals surface area contributed by atoms with Gasteiger partial charge < -0.3 is 14.8 Å². The van der Waals surface area contributed by atoms with Crippen LogP contribution >= 0.6 is 34.5 Å². The molecule has 5 rings (SSSR count). The molecule has 0 aliphatic carbocycles. The molecule has 0 fully saturated rings. The molecule has 0 bridgehead atoms. The van der Waals surface area contributed by atoms with E-state index in [2.05, 4.69) is 15.8 Å². The van der Waals surface area contributed by atoms with Crippen molar-refractivity contribution in [3.05, 3.63) is 122 Å². The predicted molar refractivity (Wildman–Crippen MR) is 175 cm³/mol. The van der Waals surface area contributed by atoms with E-state index in [0.717, 1.165) is 15.6 Å². The fraction of sp³-hybridized carbons (Fsp3) is 0.0909. The van der Waals surface area contributed by atoms with Gasteiger partial charge in [-0.25, -0.2) is 10.2 Å². The van der Waals surface area contributed by atoms with Gasteiger partial charge in [-0.2, -0.15) is 5.10 Å². The van der Waals surface area contributed by atoms with E-state index in [9.17, 15) is 14.4 Å². The van der Waals surface area contributed by atoms with Crippen molar-refractivity contribution in [1.29, 1.82) is 0 Å². The molecule has 44 heavy (non-hydrogen) atoms. The van der Waals surface area contributed by atoms with E-state index >= 15 is 0 Å². The minimum atomic E-state index is -0.500. The number of rotatable bonds is 9. The maximum Gasteiger partial charge on any atom is 0.343 e. The molecule has 5 aromatic rings. The van der Waals surface area contributed by atoms with Crippen molar-refractivity contribution in [3.63, 3.8) is 0 Å². The summed E-state index contributed by atoms with van der Waals surface area (Å²) in [5, 5.41) is 8.51. The average Bonchev–Trinajstić information content (AvgIpc) is 3.34. The molecule has 222 valence electrons. The number of halogens is 2. The van der Waals surface area contributed by atoms with Crippen LogP contribution < -0.4 is 20.2 Å². The summed E-state index contributed by atoms with van der Waals surface area (Å²) in [5.74, 6) is -0.681. The molecule has 0 unspecified atom stereocenters. The minimum Gasteiger partial charge on any atom is -0.490 e. The Hall–Kier alpha value is -4.70. The number of hydrazone groups is 1. The number of nitrogens with zero attached hydrogens (tertiary/aromatic N) is 1. The summed E-state index contributed by atoms with van der Waals surface area (Å²) in [4.78, 5) is 38.4. The molecule has 1 aromatic heterocycles. The third-order valence-electron chi connectivity index (χ3n) is 6.34. The van der Waals surface area contributed by atoms with Gasteiger partial charge >= 0.3 is 5.97 Å². The number of amides is 2. The standard InChI is InChI=1S/C33H25Cl2N3O5S/c1-3-42-27-16-20(6-15-26(27)43-33(41)22-7-4-19(2)5-8-22)18-36-38-31(39)21-9-12-24(13-10-21)37-32(40)30-29(35)25-14-11-23(34)17-28(25)44-30/h4-18H,3H2,1-2H3,(H,37,40)(H,38,39)/b36-18-. The highest BCUT2D eigenvalue weighted by atomic mass is 35.5. The number of anilines is 1. The molecule has 8 nitrogen and oxygen atoms in total. The van der Waals surface area contributed by atoms with Crippen LogP contribution in [0.25, 0.3) is 10.1 Å². The number of thiophene rings is 1. The number of fused-ring (bicyclic) bond motifs is 1. The molecule has 2 N–H and O–H groups in total. The van der Waals surface area contributed by atoms with E-state index in [1.165, 1.54) is 17.6 Å². The largest absolute Gasteiger partial charge is 0.490 e. The summed E-state index contributed by atoms with van der Waals surface area (Å²) in [7, 11) is 0. The molecule has 4 aromatic carbocycles. The lowest BCUT2D eigenvalue weighted by Gasteiger charge is -2.11. The molecule has 0 radical (unpaired) electrons. The fourth-order valence-corrected chi connectivity index (χ4v) is 5.80. The second-order valence-corrected chi connectivity index (χ2v) is 11.4. The van der Waals surface area contributed by atoms with Crippen LogP contribution in [0.1, 0.15) is 48.4 Å². The zero-order chi connectivity index (χ0) is 31.2. The van der Waals surface area contributed by atoms with Gasteiger partial charge in [-0.05, 0) is 86.1 Å². The highest BCUT2D eigenvalue weighted by Crippen LogP contribution is 2.37. The Labute approximate surface area is 267 Å². The van der Waals surface area contributed by atoms with Gasteiger partial charge in [0.15, 0.2) is 11.5 Å². The fourth-order valence-electron chi connectivity index (χ4n) is 4.11. The van der Waals surface area contributed by atoms with Gasteiger partial charge in [-0.3, -0.25) is 9.59 Å². The molecule has 1 heterocycles. The maximum atomic E-state index is 12.8. The highest BCUT2D eigenvalue weighted by Gasteiger charge is 2.18. The first kappa shape index (κ1) is 30.7. The van der Waals surface area contributed by atoms with E-state index < -0.39 is 11.9 Å². The van der Waals surface area contributed by atoms with Crippen LogP contribution in [0.3, 0.4) is 0 Å². The third-order valence-corrected chi connectivity index (χ3v) is 8.23. The first-order valence-electron chi connectivity index (χ1n) is 13.4. The second kappa shape index (κ2) is 13.7. The Balaban J connectivity index is 1.19. The lowest BCUT2D eigenvalue weighted by atomic mass is 10.1. The highest BCUT2D eigenvalue weighted by molar-refractivity contribution is 7.21. The average molecular weight is 647 g/mol. The van der Waals surface area contributed by atoms with Crippen molar-refractivity contribution < 1.29 is 23.9 Å². The molecular formula is C33H25Cl2N3O5S. The molecule has 0 spiro atoms. The Morgan fingerprint density at radius 1 is 0.864 bits per heavy atom. The van der Waals surface area contributed by atoms with Gasteiger partial charge in [-0.1, -0.05) is 47.0 Å². The second-order valence-electron chi connectivity index (χ2n) is 9.51. The van der Waals surface area contributed by atoms with Crippen LogP contribution in [0.4, 0.5) is 5.69 Å². The number of hydrogen-bond acceptors (Lipinski definition) is 7. The van der Waals surface area contributed by atoms with Gasteiger partial charge in [0.1, 0.15) is 4.88 Å². The van der Waals surface area contributed by atoms with Gasteiger partial charge in [-0.15, -0.1) is 11.3 Å². The summed E-state index contributed by atoms with van der Waals surface area (Å²) in [6.07, 6.45) is 1.45. The Morgan fingerprint density at radius 3 is 2.32 bits per heavy atom. The van der Waals surface area contributed by atoms with Crippen LogP contribution in [0.2, 0.25) is 10.0 Å². The minimum absolute atomic E-state index is 0.268. The van der Waals surface area contributed by atoms with Crippen molar-refractivity contribution in [2.75, 3.05) is 11.9 Å². The van der Waals surface area contributed by atoms with Crippen LogP contribution in [0, 0.1) is 6.92 Å². The van der Waals surface area contributed by atoms with Gasteiger partial charge in [0.05, 0.1) is 23.4 Å². The molecule has 0 aliphatic rings. The van der Waals surface area contributed by atoms with Gasteiger partial charge in [0.2, 0.25) is 0 Å². The summed E-state index contributed by atoms with van der Waals surface area (Å²) >= 11 is 13.7. The zero-order valence-corrected chi connectivity index (χ0v) is 25.8. The number of carbonyl (C=O) groups is 3. The molecular weight excluding hydrogens is 621 g/mol. The van der Waals surface area contributed by atoms with Crippen molar-refractivity contribution in [1.82, 2.24) is 5.43 Å². The van der Waals surface area contributed by atoms with Crippen LogP contribution in [-0.4, -0.2) is 30.6 Å². The maximum absolute atomic E-state index is 12.8. The summed E-state index contributed by atoms with van der Waals surface area (Å²) in [6.45, 7) is 4.11. The SMILES string of the molecule is CCOc1cc(/C=N\NC(=O)c2ccc(NC(=O)c3sc4cc(Cl)ccc4c3Cl)cc2)ccc1OC(=O)c1ccc(C)cc1. The monoisotopic (exact) mass is 645 g/mol. The van der Waals surface area contributed by atoms with Crippen LogP contribution in [0.5, 0.6) is 11.5 Å². The Morgan fingerprint density at radius 2 is 1.59 bits per heavy atom. The van der Waals surface area contributed by atoms with E-state index in [0.29, 0.717) is 49.7 Å². The van der Waals surface area contributed by atoms with Crippen molar-refractivity contribution >= 4 is 74.3 Å². The number of hydrogen-bond donors (Lipinski definition) is 2. The topological polar surface area (TPSA) is 106 Å².